The molecule has 0 saturated carbocycles. The van der Waals surface area contributed by atoms with Crippen molar-refractivity contribution in [2.45, 2.75) is 35.5 Å². The van der Waals surface area contributed by atoms with Gasteiger partial charge in [0.25, 0.3) is 0 Å². The van der Waals surface area contributed by atoms with Crippen LogP contribution < -0.4 is 5.32 Å². The second kappa shape index (κ2) is 9.36. The van der Waals surface area contributed by atoms with Gasteiger partial charge in [0, 0.05) is 0 Å². The van der Waals surface area contributed by atoms with Crippen molar-refractivity contribution >= 4 is 75.2 Å². The summed E-state index contributed by atoms with van der Waals surface area (Å²) in [6.07, 6.45) is -0.911. The Morgan fingerprint density at radius 1 is 1.43 bits per heavy atom. The van der Waals surface area contributed by atoms with Crippen LogP contribution in [0.3, 0.4) is 0 Å². The molecule has 0 aromatic carbocycles. The summed E-state index contributed by atoms with van der Waals surface area (Å²) in [5.41, 5.74) is 0. The number of rotatable bonds is 6. The SMILES string of the molecule is CCCOC(=S)S[C@H]1NC(=O)[C@@H]1C(C)OC(=O)OCC(Cl)(Cl)Cl. The van der Waals surface area contributed by atoms with Gasteiger partial charge in [-0.05, 0) is 25.6 Å². The summed E-state index contributed by atoms with van der Waals surface area (Å²) in [4.78, 5) is 23.2. The molecular formula is C12H16Cl3NO5S2. The number of amides is 1. The number of halogens is 3. The van der Waals surface area contributed by atoms with Crippen LogP contribution in [-0.4, -0.2) is 44.9 Å². The fourth-order valence-electron chi connectivity index (χ4n) is 1.65. The summed E-state index contributed by atoms with van der Waals surface area (Å²) < 4.78 is 13.6. The largest absolute Gasteiger partial charge is 0.508 e. The molecular weight excluding hydrogens is 409 g/mol. The Morgan fingerprint density at radius 3 is 2.61 bits per heavy atom. The molecule has 1 saturated heterocycles. The van der Waals surface area contributed by atoms with Gasteiger partial charge in [-0.1, -0.05) is 53.5 Å². The molecule has 1 aliphatic rings. The predicted octanol–water partition coefficient (Wildman–Crippen LogP) is 3.42. The van der Waals surface area contributed by atoms with Gasteiger partial charge in [-0.25, -0.2) is 4.79 Å². The van der Waals surface area contributed by atoms with E-state index in [2.05, 4.69) is 10.1 Å². The van der Waals surface area contributed by atoms with Gasteiger partial charge in [0.1, 0.15) is 18.6 Å². The van der Waals surface area contributed by atoms with Crippen LogP contribution in [0, 0.1) is 5.92 Å². The molecule has 0 bridgehead atoms. The summed E-state index contributed by atoms with van der Waals surface area (Å²) in [5, 5.41) is 2.34. The van der Waals surface area contributed by atoms with Crippen LogP contribution >= 0.6 is 58.8 Å². The summed E-state index contributed by atoms with van der Waals surface area (Å²) in [7, 11) is 0. The Morgan fingerprint density at radius 2 is 2.09 bits per heavy atom. The molecule has 6 nitrogen and oxygen atoms in total. The van der Waals surface area contributed by atoms with E-state index in [0.29, 0.717) is 11.0 Å². The fraction of sp³-hybridized carbons (Fsp3) is 0.750. The van der Waals surface area contributed by atoms with Crippen LogP contribution in [0.1, 0.15) is 20.3 Å². The lowest BCUT2D eigenvalue weighted by Crippen LogP contribution is -2.61. The van der Waals surface area contributed by atoms with Crippen molar-refractivity contribution in [1.29, 1.82) is 0 Å². The van der Waals surface area contributed by atoms with Gasteiger partial charge in [0.05, 0.1) is 12.0 Å². The van der Waals surface area contributed by atoms with E-state index in [1.807, 2.05) is 6.92 Å². The summed E-state index contributed by atoms with van der Waals surface area (Å²) >= 11 is 22.6. The topological polar surface area (TPSA) is 73.9 Å². The molecule has 0 spiro atoms. The van der Waals surface area contributed by atoms with Crippen molar-refractivity contribution in [1.82, 2.24) is 5.32 Å². The van der Waals surface area contributed by atoms with Crippen LogP contribution in [0.5, 0.6) is 0 Å². The first-order valence-corrected chi connectivity index (χ1v) is 9.10. The van der Waals surface area contributed by atoms with E-state index in [1.54, 1.807) is 6.92 Å². The van der Waals surface area contributed by atoms with E-state index in [1.165, 1.54) is 11.8 Å². The lowest BCUT2D eigenvalue weighted by Gasteiger charge is -2.38. The second-order valence-corrected chi connectivity index (χ2v) is 8.91. The zero-order chi connectivity index (χ0) is 17.6. The normalized spacial score (nSPS) is 21.7. The van der Waals surface area contributed by atoms with Gasteiger partial charge >= 0.3 is 6.16 Å². The highest BCUT2D eigenvalue weighted by molar-refractivity contribution is 8.23. The van der Waals surface area contributed by atoms with Crippen LogP contribution in [0.4, 0.5) is 4.79 Å². The van der Waals surface area contributed by atoms with Crippen molar-refractivity contribution in [3.63, 3.8) is 0 Å². The third-order valence-electron chi connectivity index (χ3n) is 2.70. The van der Waals surface area contributed by atoms with E-state index in [-0.39, 0.29) is 11.3 Å². The molecule has 0 aliphatic carbocycles. The standard InChI is InChI=1S/C12H16Cl3NO5S2/c1-3-4-19-11(22)23-9-7(8(17)16-9)6(2)21-10(18)20-5-12(13,14)15/h6-7,9H,3-5H2,1-2H3,(H,16,17)/t6?,7-,9+/m0/s1. The quantitative estimate of drug-likeness (QED) is 0.303. The Balaban J connectivity index is 2.44. The lowest BCUT2D eigenvalue weighted by molar-refractivity contribution is -0.137. The molecule has 1 heterocycles. The molecule has 0 aromatic rings. The number of carbonyl (C=O) groups is 2. The zero-order valence-corrected chi connectivity index (χ0v) is 16.2. The predicted molar refractivity (Wildman–Crippen MR) is 94.0 cm³/mol. The highest BCUT2D eigenvalue weighted by Gasteiger charge is 2.46. The molecule has 1 N–H and O–H groups in total. The van der Waals surface area contributed by atoms with Crippen molar-refractivity contribution in [3.8, 4) is 0 Å². The van der Waals surface area contributed by atoms with E-state index in [0.717, 1.165) is 6.42 Å². The van der Waals surface area contributed by atoms with Crippen molar-refractivity contribution in [2.75, 3.05) is 13.2 Å². The number of alkyl halides is 3. The van der Waals surface area contributed by atoms with Crippen LogP contribution in [0.25, 0.3) is 0 Å². The van der Waals surface area contributed by atoms with E-state index in [4.69, 9.17) is 56.5 Å². The van der Waals surface area contributed by atoms with Crippen LogP contribution in [0.2, 0.25) is 0 Å². The maximum atomic E-state index is 11.7. The average Bonchev–Trinajstić information content (AvgIpc) is 2.41. The first-order valence-electron chi connectivity index (χ1n) is 6.68. The van der Waals surface area contributed by atoms with Crippen molar-refractivity contribution in [2.24, 2.45) is 5.92 Å². The number of β-lactam (4-membered cyclic amide) rings is 1. The molecule has 0 radical (unpaired) electrons. The first kappa shape index (κ1) is 20.9. The van der Waals surface area contributed by atoms with E-state index < -0.39 is 28.6 Å². The number of thioether (sulfide) groups is 1. The minimum absolute atomic E-state index is 0.248. The number of hydrogen-bond donors (Lipinski definition) is 1. The van der Waals surface area contributed by atoms with E-state index in [9.17, 15) is 9.59 Å². The minimum atomic E-state index is -1.72. The van der Waals surface area contributed by atoms with Gasteiger partial charge in [-0.15, -0.1) is 0 Å². The van der Waals surface area contributed by atoms with Crippen LogP contribution in [0.15, 0.2) is 0 Å². The molecule has 1 aliphatic heterocycles. The van der Waals surface area contributed by atoms with Gasteiger partial charge in [-0.3, -0.25) is 4.79 Å². The van der Waals surface area contributed by atoms with E-state index >= 15 is 0 Å². The van der Waals surface area contributed by atoms with Gasteiger partial charge in [-0.2, -0.15) is 0 Å². The molecule has 11 heteroatoms. The second-order valence-electron chi connectivity index (χ2n) is 4.65. The molecule has 1 amide bonds. The third kappa shape index (κ3) is 7.51. The fourth-order valence-corrected chi connectivity index (χ4v) is 3.24. The number of thiocarbonyl (C=S) groups is 1. The molecule has 1 rings (SSSR count). The number of ether oxygens (including phenoxy) is 3. The van der Waals surface area contributed by atoms with Crippen LogP contribution in [-0.2, 0) is 19.0 Å². The highest BCUT2D eigenvalue weighted by Crippen LogP contribution is 2.31. The Kier molecular flexibility index (Phi) is 8.51. The Hall–Kier alpha value is -0.150. The average molecular weight is 425 g/mol. The van der Waals surface area contributed by atoms with Gasteiger partial charge < -0.3 is 19.5 Å². The molecule has 1 fully saturated rings. The Labute approximate surface area is 158 Å². The molecule has 3 atom stereocenters. The molecule has 23 heavy (non-hydrogen) atoms. The van der Waals surface area contributed by atoms with Crippen molar-refractivity contribution < 1.29 is 23.8 Å². The monoisotopic (exact) mass is 423 g/mol. The smallest absolute Gasteiger partial charge is 0.479 e. The zero-order valence-electron chi connectivity index (χ0n) is 12.3. The van der Waals surface area contributed by atoms with Crippen molar-refractivity contribution in [3.05, 3.63) is 0 Å². The lowest BCUT2D eigenvalue weighted by atomic mass is 9.96. The Bertz CT molecular complexity index is 460. The maximum Gasteiger partial charge on any atom is 0.508 e. The highest BCUT2D eigenvalue weighted by atomic mass is 35.6. The minimum Gasteiger partial charge on any atom is -0.479 e. The molecule has 132 valence electrons. The number of nitrogens with one attached hydrogen (secondary N) is 1. The first-order chi connectivity index (χ1) is 10.6. The molecule has 1 unspecified atom stereocenters. The van der Waals surface area contributed by atoms with Gasteiger partial charge in [0.15, 0.2) is 0 Å². The van der Waals surface area contributed by atoms with Gasteiger partial charge in [0.2, 0.25) is 14.1 Å². The summed E-state index contributed by atoms with van der Waals surface area (Å²) in [6, 6.07) is 0. The number of hydrogen-bond acceptors (Lipinski definition) is 7. The summed E-state index contributed by atoms with van der Waals surface area (Å²) in [5.74, 6) is -0.814. The number of carbonyl (C=O) groups excluding carboxylic acids is 2. The summed E-state index contributed by atoms with van der Waals surface area (Å²) in [6.45, 7) is 3.59. The third-order valence-corrected chi connectivity index (χ3v) is 4.41. The maximum absolute atomic E-state index is 11.7. The molecule has 0 aromatic heterocycles.